The van der Waals surface area contributed by atoms with Gasteiger partial charge in [0.15, 0.2) is 0 Å². The van der Waals surface area contributed by atoms with Crippen LogP contribution in [0.2, 0.25) is 10.0 Å². The van der Waals surface area contributed by atoms with Gasteiger partial charge in [0.1, 0.15) is 5.75 Å². The van der Waals surface area contributed by atoms with Gasteiger partial charge in [0, 0.05) is 5.69 Å². The Morgan fingerprint density at radius 3 is 2.43 bits per heavy atom. The van der Waals surface area contributed by atoms with E-state index in [1.165, 1.54) is 0 Å². The van der Waals surface area contributed by atoms with Gasteiger partial charge < -0.3 is 15.8 Å². The average molecular weight is 353 g/mol. The van der Waals surface area contributed by atoms with Crippen molar-refractivity contribution >= 4 is 40.7 Å². The molecule has 0 bridgehead atoms. The van der Waals surface area contributed by atoms with Gasteiger partial charge >= 0.3 is 0 Å². The Labute approximate surface area is 143 Å². The van der Waals surface area contributed by atoms with E-state index in [1.54, 1.807) is 42.5 Å². The van der Waals surface area contributed by atoms with Gasteiger partial charge in [-0.05, 0) is 36.4 Å². The fourth-order valence-corrected chi connectivity index (χ4v) is 2.17. The lowest BCUT2D eigenvalue weighted by Crippen LogP contribution is -2.14. The second-order valence-electron chi connectivity index (χ2n) is 4.64. The number of nitrogens with one attached hydrogen (secondary N) is 1. The van der Waals surface area contributed by atoms with Crippen molar-refractivity contribution in [2.75, 3.05) is 11.9 Å². The smallest absolute Gasteiger partial charge is 0.257 e. The highest BCUT2D eigenvalue weighted by atomic mass is 35.5. The molecular weight excluding hydrogens is 339 g/mol. The molecule has 0 aromatic heterocycles. The van der Waals surface area contributed by atoms with Gasteiger partial charge in [-0.2, -0.15) is 0 Å². The van der Waals surface area contributed by atoms with Crippen molar-refractivity contribution in [2.45, 2.75) is 6.42 Å². The summed E-state index contributed by atoms with van der Waals surface area (Å²) in [7, 11) is 0. The summed E-state index contributed by atoms with van der Waals surface area (Å²) in [5.41, 5.74) is 5.90. The van der Waals surface area contributed by atoms with Gasteiger partial charge in [0.25, 0.3) is 5.91 Å². The average Bonchev–Trinajstić information content (AvgIpc) is 2.51. The van der Waals surface area contributed by atoms with E-state index in [4.69, 9.17) is 33.7 Å². The van der Waals surface area contributed by atoms with Gasteiger partial charge in [0.2, 0.25) is 5.91 Å². The molecule has 0 atom stereocenters. The molecule has 0 heterocycles. The van der Waals surface area contributed by atoms with E-state index in [1.807, 2.05) is 0 Å². The van der Waals surface area contributed by atoms with Crippen molar-refractivity contribution in [2.24, 2.45) is 5.73 Å². The fourth-order valence-electron chi connectivity index (χ4n) is 1.78. The molecule has 7 heteroatoms. The third kappa shape index (κ3) is 4.87. The van der Waals surface area contributed by atoms with Crippen LogP contribution in [0.25, 0.3) is 0 Å². The van der Waals surface area contributed by atoms with Crippen LogP contribution in [-0.2, 0) is 4.79 Å². The number of anilines is 1. The SMILES string of the molecule is NC(=O)CCOc1ccc(NC(=O)c2cccc(Cl)c2Cl)cc1. The standard InChI is InChI=1S/C16H14Cl2N2O3/c17-13-3-1-2-12(15(13)18)16(22)20-10-4-6-11(7-5-10)23-9-8-14(19)21/h1-7H,8-9H2,(H2,19,21)(H,20,22). The van der Waals surface area contributed by atoms with Gasteiger partial charge in [-0.25, -0.2) is 0 Å². The number of rotatable bonds is 6. The minimum Gasteiger partial charge on any atom is -0.493 e. The molecule has 0 radical (unpaired) electrons. The van der Waals surface area contributed by atoms with Gasteiger partial charge in [0.05, 0.1) is 28.6 Å². The number of amides is 2. The highest BCUT2D eigenvalue weighted by Crippen LogP contribution is 2.26. The highest BCUT2D eigenvalue weighted by Gasteiger charge is 2.12. The maximum absolute atomic E-state index is 12.2. The van der Waals surface area contributed by atoms with Crippen molar-refractivity contribution in [1.82, 2.24) is 0 Å². The summed E-state index contributed by atoms with van der Waals surface area (Å²) in [5, 5.41) is 3.24. The number of nitrogens with two attached hydrogens (primary N) is 1. The first-order valence-corrected chi connectivity index (χ1v) is 7.49. The van der Waals surface area contributed by atoms with Crippen molar-refractivity contribution in [3.63, 3.8) is 0 Å². The van der Waals surface area contributed by atoms with E-state index in [0.29, 0.717) is 22.0 Å². The molecule has 120 valence electrons. The van der Waals surface area contributed by atoms with E-state index in [-0.39, 0.29) is 24.0 Å². The maximum Gasteiger partial charge on any atom is 0.257 e. The molecule has 0 aliphatic carbocycles. The molecule has 2 aromatic carbocycles. The lowest BCUT2D eigenvalue weighted by atomic mass is 10.2. The fraction of sp³-hybridized carbons (Fsp3) is 0.125. The third-order valence-electron chi connectivity index (χ3n) is 2.93. The number of ether oxygens (including phenoxy) is 1. The largest absolute Gasteiger partial charge is 0.493 e. The summed E-state index contributed by atoms with van der Waals surface area (Å²) in [6, 6.07) is 11.6. The maximum atomic E-state index is 12.2. The van der Waals surface area contributed by atoms with Crippen LogP contribution < -0.4 is 15.8 Å². The van der Waals surface area contributed by atoms with Gasteiger partial charge in [-0.15, -0.1) is 0 Å². The molecule has 0 saturated carbocycles. The molecule has 0 spiro atoms. The van der Waals surface area contributed by atoms with E-state index >= 15 is 0 Å². The zero-order valence-electron chi connectivity index (χ0n) is 12.0. The van der Waals surface area contributed by atoms with E-state index in [9.17, 15) is 9.59 Å². The predicted molar refractivity (Wildman–Crippen MR) is 90.2 cm³/mol. The molecule has 2 amide bonds. The van der Waals surface area contributed by atoms with Crippen LogP contribution in [0.1, 0.15) is 16.8 Å². The van der Waals surface area contributed by atoms with E-state index in [2.05, 4.69) is 5.32 Å². The topological polar surface area (TPSA) is 81.4 Å². The predicted octanol–water partition coefficient (Wildman–Crippen LogP) is 3.50. The van der Waals surface area contributed by atoms with Crippen molar-refractivity contribution in [3.8, 4) is 5.75 Å². The van der Waals surface area contributed by atoms with Gasteiger partial charge in [-0.3, -0.25) is 9.59 Å². The molecular formula is C16H14Cl2N2O3. The molecule has 0 unspecified atom stereocenters. The van der Waals surface area contributed by atoms with Crippen LogP contribution in [0, 0.1) is 0 Å². The second-order valence-corrected chi connectivity index (χ2v) is 5.43. The minimum atomic E-state index is -0.424. The zero-order chi connectivity index (χ0) is 16.8. The van der Waals surface area contributed by atoms with Crippen LogP contribution >= 0.6 is 23.2 Å². The summed E-state index contributed by atoms with van der Waals surface area (Å²) in [6.45, 7) is 0.208. The Morgan fingerprint density at radius 1 is 1.09 bits per heavy atom. The number of hydrogen-bond donors (Lipinski definition) is 2. The zero-order valence-corrected chi connectivity index (χ0v) is 13.5. The Hall–Kier alpha value is -2.24. The Kier molecular flexibility index (Phi) is 5.84. The normalized spacial score (nSPS) is 10.2. The molecule has 5 nitrogen and oxygen atoms in total. The summed E-state index contributed by atoms with van der Waals surface area (Å²) >= 11 is 11.9. The first-order chi connectivity index (χ1) is 11.0. The Balaban J connectivity index is 1.99. The lowest BCUT2D eigenvalue weighted by molar-refractivity contribution is -0.118. The summed E-state index contributed by atoms with van der Waals surface area (Å²) in [4.78, 5) is 22.8. The second kappa shape index (κ2) is 7.85. The molecule has 2 rings (SSSR count). The van der Waals surface area contributed by atoms with Crippen LogP contribution in [0.15, 0.2) is 42.5 Å². The molecule has 23 heavy (non-hydrogen) atoms. The lowest BCUT2D eigenvalue weighted by Gasteiger charge is -2.09. The van der Waals surface area contributed by atoms with Gasteiger partial charge in [-0.1, -0.05) is 29.3 Å². The van der Waals surface area contributed by atoms with Crippen LogP contribution in [0.4, 0.5) is 5.69 Å². The van der Waals surface area contributed by atoms with E-state index < -0.39 is 5.91 Å². The number of carbonyl (C=O) groups excluding carboxylic acids is 2. The summed E-state index contributed by atoms with van der Waals surface area (Å²) in [5.74, 6) is -0.211. The molecule has 3 N–H and O–H groups in total. The van der Waals surface area contributed by atoms with Crippen LogP contribution in [0.5, 0.6) is 5.75 Å². The molecule has 0 saturated heterocycles. The molecule has 2 aromatic rings. The Morgan fingerprint density at radius 2 is 1.78 bits per heavy atom. The quantitative estimate of drug-likeness (QED) is 0.834. The highest BCUT2D eigenvalue weighted by molar-refractivity contribution is 6.44. The number of hydrogen-bond acceptors (Lipinski definition) is 3. The number of benzene rings is 2. The summed E-state index contributed by atoms with van der Waals surface area (Å²) < 4.78 is 5.34. The monoisotopic (exact) mass is 352 g/mol. The Bertz CT molecular complexity index is 718. The first-order valence-electron chi connectivity index (χ1n) is 6.74. The third-order valence-corrected chi connectivity index (χ3v) is 3.74. The van der Waals surface area contributed by atoms with Crippen LogP contribution in [0.3, 0.4) is 0 Å². The van der Waals surface area contributed by atoms with Crippen molar-refractivity contribution < 1.29 is 14.3 Å². The first kappa shape index (κ1) is 17.1. The summed E-state index contributed by atoms with van der Waals surface area (Å²) in [6.07, 6.45) is 0.145. The number of halogens is 2. The molecule has 0 aliphatic heterocycles. The van der Waals surface area contributed by atoms with Crippen molar-refractivity contribution in [3.05, 3.63) is 58.1 Å². The number of primary amides is 1. The number of carbonyl (C=O) groups is 2. The molecule has 0 aliphatic rings. The minimum absolute atomic E-state index is 0.145. The van der Waals surface area contributed by atoms with E-state index in [0.717, 1.165) is 0 Å². The van der Waals surface area contributed by atoms with Crippen molar-refractivity contribution in [1.29, 1.82) is 0 Å². The molecule has 0 fully saturated rings. The van der Waals surface area contributed by atoms with Crippen LogP contribution in [-0.4, -0.2) is 18.4 Å².